The van der Waals surface area contributed by atoms with Gasteiger partial charge in [-0.3, -0.25) is 15.1 Å². The molecular weight excluding hydrogens is 348 g/mol. The van der Waals surface area contributed by atoms with E-state index in [-0.39, 0.29) is 0 Å². The van der Waals surface area contributed by atoms with E-state index in [9.17, 15) is 0 Å². The van der Waals surface area contributed by atoms with Gasteiger partial charge in [0.2, 0.25) is 0 Å². The molecule has 6 nitrogen and oxygen atoms in total. The Balaban J connectivity index is 1.58. The highest BCUT2D eigenvalue weighted by atomic mass is 15.1. The zero-order valence-electron chi connectivity index (χ0n) is 15.5. The zero-order chi connectivity index (χ0) is 18.9. The van der Waals surface area contributed by atoms with Gasteiger partial charge in [-0.05, 0) is 54.1 Å². The molecule has 28 heavy (non-hydrogen) atoms. The minimum atomic E-state index is 0.818. The molecule has 4 heterocycles. The van der Waals surface area contributed by atoms with Crippen LogP contribution in [-0.2, 0) is 6.54 Å². The standard InChI is InChI=1S/C22H20N6/c1-2-23-11-14-8-16(13-24-12-14)15-5-6-18-17(9-15)22(28-27-18)21-10-20-19(26-21)4-3-7-25-20/h3-10,12-13,23,26H,2,11H2,1H3,(H,27,28). The van der Waals surface area contributed by atoms with Gasteiger partial charge in [-0.1, -0.05) is 13.0 Å². The maximum absolute atomic E-state index is 4.54. The van der Waals surface area contributed by atoms with Gasteiger partial charge in [-0.25, -0.2) is 0 Å². The summed E-state index contributed by atoms with van der Waals surface area (Å²) in [6, 6.07) is 14.5. The topological polar surface area (TPSA) is 82.3 Å². The van der Waals surface area contributed by atoms with E-state index in [2.05, 4.69) is 61.7 Å². The number of hydrogen-bond donors (Lipinski definition) is 3. The smallest absolute Gasteiger partial charge is 0.116 e. The molecule has 0 fully saturated rings. The van der Waals surface area contributed by atoms with Crippen molar-refractivity contribution in [1.29, 1.82) is 0 Å². The number of H-pyrrole nitrogens is 2. The summed E-state index contributed by atoms with van der Waals surface area (Å²) in [6.07, 6.45) is 5.61. The Kier molecular flexibility index (Phi) is 4.10. The lowest BCUT2D eigenvalue weighted by atomic mass is 10.0. The van der Waals surface area contributed by atoms with Crippen molar-refractivity contribution >= 4 is 21.9 Å². The largest absolute Gasteiger partial charge is 0.352 e. The van der Waals surface area contributed by atoms with Gasteiger partial charge in [0.15, 0.2) is 0 Å². The van der Waals surface area contributed by atoms with E-state index < -0.39 is 0 Å². The predicted molar refractivity (Wildman–Crippen MR) is 112 cm³/mol. The minimum absolute atomic E-state index is 0.818. The molecule has 0 unspecified atom stereocenters. The monoisotopic (exact) mass is 368 g/mol. The lowest BCUT2D eigenvalue weighted by molar-refractivity contribution is 0.724. The molecule has 5 aromatic rings. The normalized spacial score (nSPS) is 11.5. The predicted octanol–water partition coefficient (Wildman–Crippen LogP) is 4.28. The molecule has 1 aromatic carbocycles. The van der Waals surface area contributed by atoms with Crippen molar-refractivity contribution < 1.29 is 0 Å². The molecule has 4 aromatic heterocycles. The van der Waals surface area contributed by atoms with Crippen LogP contribution in [0.4, 0.5) is 0 Å². The Morgan fingerprint density at radius 2 is 1.96 bits per heavy atom. The van der Waals surface area contributed by atoms with Crippen LogP contribution < -0.4 is 5.32 Å². The highest BCUT2D eigenvalue weighted by molar-refractivity contribution is 5.97. The second kappa shape index (κ2) is 6.90. The maximum atomic E-state index is 4.54. The molecule has 5 rings (SSSR count). The molecule has 0 amide bonds. The third kappa shape index (κ3) is 2.93. The van der Waals surface area contributed by atoms with Crippen LogP contribution in [0, 0.1) is 0 Å². The van der Waals surface area contributed by atoms with Crippen LogP contribution in [-0.4, -0.2) is 31.7 Å². The first-order valence-corrected chi connectivity index (χ1v) is 9.39. The van der Waals surface area contributed by atoms with Crippen molar-refractivity contribution in [3.05, 3.63) is 66.6 Å². The van der Waals surface area contributed by atoms with Crippen LogP contribution >= 0.6 is 0 Å². The van der Waals surface area contributed by atoms with Gasteiger partial charge in [0.25, 0.3) is 0 Å². The number of benzene rings is 1. The van der Waals surface area contributed by atoms with Crippen LogP contribution in [0.5, 0.6) is 0 Å². The van der Waals surface area contributed by atoms with Crippen molar-refractivity contribution in [1.82, 2.24) is 30.5 Å². The van der Waals surface area contributed by atoms with Crippen LogP contribution in [0.2, 0.25) is 0 Å². The first-order valence-electron chi connectivity index (χ1n) is 9.39. The summed E-state index contributed by atoms with van der Waals surface area (Å²) < 4.78 is 0. The van der Waals surface area contributed by atoms with Gasteiger partial charge in [0.05, 0.1) is 22.2 Å². The third-order valence-electron chi connectivity index (χ3n) is 4.91. The SMILES string of the molecule is CCNCc1cncc(-c2ccc3[nH]nc(-c4cc5ncccc5[nH]4)c3c2)c1. The van der Waals surface area contributed by atoms with E-state index in [1.807, 2.05) is 30.6 Å². The molecular formula is C22H20N6. The molecule has 0 radical (unpaired) electrons. The lowest BCUT2D eigenvalue weighted by Gasteiger charge is -2.06. The van der Waals surface area contributed by atoms with Crippen molar-refractivity contribution in [2.45, 2.75) is 13.5 Å². The minimum Gasteiger partial charge on any atom is -0.352 e. The van der Waals surface area contributed by atoms with Crippen molar-refractivity contribution in [2.24, 2.45) is 0 Å². The number of nitrogens with zero attached hydrogens (tertiary/aromatic N) is 3. The van der Waals surface area contributed by atoms with E-state index in [1.165, 1.54) is 5.56 Å². The zero-order valence-corrected chi connectivity index (χ0v) is 15.5. The summed E-state index contributed by atoms with van der Waals surface area (Å²) in [5.74, 6) is 0. The number of aromatic amines is 2. The molecule has 0 aliphatic carbocycles. The van der Waals surface area contributed by atoms with Gasteiger partial charge in [-0.15, -0.1) is 0 Å². The lowest BCUT2D eigenvalue weighted by Crippen LogP contribution is -2.11. The van der Waals surface area contributed by atoms with Crippen LogP contribution in [0.15, 0.2) is 61.1 Å². The number of nitrogens with one attached hydrogen (secondary N) is 3. The van der Waals surface area contributed by atoms with Crippen molar-refractivity contribution in [3.63, 3.8) is 0 Å². The molecule has 0 aliphatic rings. The molecule has 3 N–H and O–H groups in total. The van der Waals surface area contributed by atoms with Crippen LogP contribution in [0.1, 0.15) is 12.5 Å². The third-order valence-corrected chi connectivity index (χ3v) is 4.91. The fourth-order valence-corrected chi connectivity index (χ4v) is 3.49. The number of aromatic nitrogens is 5. The van der Waals surface area contributed by atoms with Crippen LogP contribution in [0.3, 0.4) is 0 Å². The second-order valence-corrected chi connectivity index (χ2v) is 6.81. The Bertz CT molecular complexity index is 1230. The maximum Gasteiger partial charge on any atom is 0.116 e. The molecule has 0 aliphatic heterocycles. The van der Waals surface area contributed by atoms with Gasteiger partial charge in [-0.2, -0.15) is 5.10 Å². The second-order valence-electron chi connectivity index (χ2n) is 6.81. The first kappa shape index (κ1) is 16.6. The summed E-state index contributed by atoms with van der Waals surface area (Å²) in [5, 5.41) is 12.1. The molecule has 0 saturated carbocycles. The Hall–Kier alpha value is -3.51. The van der Waals surface area contributed by atoms with E-state index in [4.69, 9.17) is 0 Å². The van der Waals surface area contributed by atoms with Crippen molar-refractivity contribution in [2.75, 3.05) is 6.54 Å². The van der Waals surface area contributed by atoms with Crippen LogP contribution in [0.25, 0.3) is 44.5 Å². The molecule has 0 spiro atoms. The average molecular weight is 368 g/mol. The van der Waals surface area contributed by atoms with E-state index in [1.54, 1.807) is 6.20 Å². The number of rotatable bonds is 5. The van der Waals surface area contributed by atoms with E-state index in [0.29, 0.717) is 0 Å². The van der Waals surface area contributed by atoms with Gasteiger partial charge < -0.3 is 10.3 Å². The molecule has 0 atom stereocenters. The fraction of sp³-hybridized carbons (Fsp3) is 0.136. The Labute approximate surface area is 162 Å². The summed E-state index contributed by atoms with van der Waals surface area (Å²) in [6.45, 7) is 3.86. The Morgan fingerprint density at radius 1 is 1.00 bits per heavy atom. The van der Waals surface area contributed by atoms with Gasteiger partial charge in [0, 0.05) is 36.1 Å². The quantitative estimate of drug-likeness (QED) is 0.432. The molecule has 138 valence electrons. The highest BCUT2D eigenvalue weighted by Gasteiger charge is 2.12. The highest BCUT2D eigenvalue weighted by Crippen LogP contribution is 2.31. The Morgan fingerprint density at radius 3 is 2.86 bits per heavy atom. The summed E-state index contributed by atoms with van der Waals surface area (Å²) in [7, 11) is 0. The van der Waals surface area contributed by atoms with E-state index >= 15 is 0 Å². The first-order chi connectivity index (χ1) is 13.8. The summed E-state index contributed by atoms with van der Waals surface area (Å²) in [4.78, 5) is 12.2. The number of hydrogen-bond acceptors (Lipinski definition) is 4. The number of fused-ring (bicyclic) bond motifs is 2. The van der Waals surface area contributed by atoms with Gasteiger partial charge in [0.1, 0.15) is 5.69 Å². The molecule has 0 bridgehead atoms. The van der Waals surface area contributed by atoms with Gasteiger partial charge >= 0.3 is 0 Å². The summed E-state index contributed by atoms with van der Waals surface area (Å²) in [5.41, 5.74) is 8.19. The average Bonchev–Trinajstić information content (AvgIpc) is 3.35. The van der Waals surface area contributed by atoms with E-state index in [0.717, 1.165) is 57.5 Å². The van der Waals surface area contributed by atoms with Crippen molar-refractivity contribution in [3.8, 4) is 22.5 Å². The molecule has 0 saturated heterocycles. The number of pyridine rings is 2. The summed E-state index contributed by atoms with van der Waals surface area (Å²) >= 11 is 0. The fourth-order valence-electron chi connectivity index (χ4n) is 3.49. The molecule has 6 heteroatoms.